The molecule has 0 bridgehead atoms. The first-order valence-electron chi connectivity index (χ1n) is 32.7. The van der Waals surface area contributed by atoms with Crippen molar-refractivity contribution in [2.75, 3.05) is 13.2 Å². The number of rotatable bonds is 57. The van der Waals surface area contributed by atoms with Gasteiger partial charge in [0.2, 0.25) is 0 Å². The lowest BCUT2D eigenvalue weighted by Gasteiger charge is -2.40. The van der Waals surface area contributed by atoms with E-state index in [0.29, 0.717) is 19.3 Å². The molecule has 6 unspecified atom stereocenters. The van der Waals surface area contributed by atoms with E-state index in [1.54, 1.807) is 0 Å². The number of hydrogen-bond donors (Lipinski definition) is 3. The van der Waals surface area contributed by atoms with Gasteiger partial charge in [-0.3, -0.25) is 14.4 Å². The highest BCUT2D eigenvalue weighted by atomic mass is 16.7. The van der Waals surface area contributed by atoms with Gasteiger partial charge >= 0.3 is 23.9 Å². The Hall–Kier alpha value is -2.54. The number of carboxylic acids is 1. The van der Waals surface area contributed by atoms with Crippen LogP contribution in [-0.2, 0) is 42.9 Å². The number of carbonyl (C=O) groups is 4. The zero-order valence-corrected chi connectivity index (χ0v) is 50.0. The second-order valence-electron chi connectivity index (χ2n) is 22.8. The molecule has 0 spiro atoms. The molecule has 0 aromatic rings. The third-order valence-corrected chi connectivity index (χ3v) is 15.3. The van der Waals surface area contributed by atoms with Crippen molar-refractivity contribution in [2.45, 2.75) is 366 Å². The van der Waals surface area contributed by atoms with Crippen LogP contribution in [0, 0.1) is 0 Å². The van der Waals surface area contributed by atoms with E-state index in [1.807, 2.05) is 0 Å². The first-order valence-corrected chi connectivity index (χ1v) is 32.7. The summed E-state index contributed by atoms with van der Waals surface area (Å²) in [5.41, 5.74) is 0. The van der Waals surface area contributed by atoms with E-state index in [1.165, 1.54) is 199 Å². The van der Waals surface area contributed by atoms with E-state index < -0.39 is 67.3 Å². The lowest BCUT2D eigenvalue weighted by molar-refractivity contribution is -0.301. The summed E-state index contributed by atoms with van der Waals surface area (Å²) in [6, 6.07) is 0. The fourth-order valence-electron chi connectivity index (χ4n) is 10.3. The average molecular weight is 1090 g/mol. The summed E-state index contributed by atoms with van der Waals surface area (Å²) in [5, 5.41) is 31.6. The van der Waals surface area contributed by atoms with Gasteiger partial charge in [-0.15, -0.1) is 0 Å². The van der Waals surface area contributed by atoms with Crippen LogP contribution in [0.5, 0.6) is 0 Å². The Morgan fingerprint density at radius 1 is 0.416 bits per heavy atom. The molecule has 1 saturated heterocycles. The van der Waals surface area contributed by atoms with Gasteiger partial charge in [0.1, 0.15) is 18.8 Å². The molecule has 6 atom stereocenters. The molecular formula is C65H120O12. The Labute approximate surface area is 471 Å². The van der Waals surface area contributed by atoms with Crippen molar-refractivity contribution in [3.63, 3.8) is 0 Å². The molecule has 1 rings (SSSR count). The highest BCUT2D eigenvalue weighted by Crippen LogP contribution is 2.27. The predicted molar refractivity (Wildman–Crippen MR) is 313 cm³/mol. The van der Waals surface area contributed by atoms with Gasteiger partial charge in [-0.2, -0.15) is 0 Å². The largest absolute Gasteiger partial charge is 0.479 e. The van der Waals surface area contributed by atoms with Crippen molar-refractivity contribution in [3.8, 4) is 0 Å². The highest BCUT2D eigenvalue weighted by Gasteiger charge is 2.50. The highest BCUT2D eigenvalue weighted by molar-refractivity contribution is 5.74. The number of aliphatic hydroxyl groups is 2. The summed E-state index contributed by atoms with van der Waals surface area (Å²) in [6.07, 6.45) is 48.9. The van der Waals surface area contributed by atoms with Gasteiger partial charge in [0.25, 0.3) is 0 Å². The van der Waals surface area contributed by atoms with Gasteiger partial charge in [0.15, 0.2) is 24.6 Å². The van der Waals surface area contributed by atoms with Crippen LogP contribution in [0.25, 0.3) is 0 Å². The summed E-state index contributed by atoms with van der Waals surface area (Å²) in [6.45, 7) is 6.04. The van der Waals surface area contributed by atoms with E-state index in [0.717, 1.165) is 70.6 Å². The topological polar surface area (TPSA) is 175 Å². The molecule has 452 valence electrons. The SMILES string of the molecule is CCCCCCCC/C=C\CCCCCCCCCCCC(=O)OC1C(OCC(COC(=O)CCCCCCCCCCCCCCCCCCC)OC(=O)CCCCCCCCCCCCC)OC(C(=O)O)C(O)C1O. The molecule has 1 aliphatic heterocycles. The van der Waals surface area contributed by atoms with Gasteiger partial charge in [0, 0.05) is 19.3 Å². The number of carbonyl (C=O) groups excluding carboxylic acids is 3. The number of aliphatic hydroxyl groups excluding tert-OH is 2. The third-order valence-electron chi connectivity index (χ3n) is 15.3. The van der Waals surface area contributed by atoms with Gasteiger partial charge in [-0.1, -0.05) is 277 Å². The summed E-state index contributed by atoms with van der Waals surface area (Å²) in [5.74, 6) is -3.08. The van der Waals surface area contributed by atoms with Crippen LogP contribution in [0.2, 0.25) is 0 Å². The second-order valence-corrected chi connectivity index (χ2v) is 22.8. The minimum absolute atomic E-state index is 0.0649. The molecule has 0 radical (unpaired) electrons. The molecule has 0 saturated carbocycles. The molecule has 0 aliphatic carbocycles. The van der Waals surface area contributed by atoms with E-state index in [4.69, 9.17) is 23.7 Å². The Morgan fingerprint density at radius 2 is 0.740 bits per heavy atom. The quantitative estimate of drug-likeness (QED) is 0.0228. The van der Waals surface area contributed by atoms with E-state index >= 15 is 0 Å². The summed E-state index contributed by atoms with van der Waals surface area (Å²) in [4.78, 5) is 51.2. The zero-order valence-electron chi connectivity index (χ0n) is 50.0. The van der Waals surface area contributed by atoms with E-state index in [9.17, 15) is 34.5 Å². The van der Waals surface area contributed by atoms with Crippen molar-refractivity contribution in [3.05, 3.63) is 12.2 Å². The van der Waals surface area contributed by atoms with Crippen LogP contribution in [0.1, 0.15) is 329 Å². The summed E-state index contributed by atoms with van der Waals surface area (Å²) < 4.78 is 28.5. The van der Waals surface area contributed by atoms with Crippen molar-refractivity contribution in [2.24, 2.45) is 0 Å². The molecule has 0 amide bonds. The number of carboxylic acid groups (broad SMARTS) is 1. The number of hydrogen-bond acceptors (Lipinski definition) is 11. The smallest absolute Gasteiger partial charge is 0.335 e. The van der Waals surface area contributed by atoms with Crippen molar-refractivity contribution in [1.82, 2.24) is 0 Å². The average Bonchev–Trinajstić information content (AvgIpc) is 3.42. The minimum atomic E-state index is -1.90. The molecule has 12 nitrogen and oxygen atoms in total. The Bertz CT molecular complexity index is 1390. The number of ether oxygens (including phenoxy) is 5. The third kappa shape index (κ3) is 43.9. The lowest BCUT2D eigenvalue weighted by Crippen LogP contribution is -2.61. The number of esters is 3. The normalized spacial score (nSPS) is 18.0. The molecule has 1 aliphatic rings. The van der Waals surface area contributed by atoms with Gasteiger partial charge < -0.3 is 39.0 Å². The van der Waals surface area contributed by atoms with E-state index in [-0.39, 0.29) is 25.9 Å². The van der Waals surface area contributed by atoms with Crippen molar-refractivity contribution < 1.29 is 58.2 Å². The minimum Gasteiger partial charge on any atom is -0.479 e. The van der Waals surface area contributed by atoms with Crippen LogP contribution >= 0.6 is 0 Å². The monoisotopic (exact) mass is 1090 g/mol. The summed E-state index contributed by atoms with van der Waals surface area (Å²) in [7, 11) is 0. The fourth-order valence-corrected chi connectivity index (χ4v) is 10.3. The Morgan fingerprint density at radius 3 is 1.10 bits per heavy atom. The van der Waals surface area contributed by atoms with Crippen LogP contribution in [0.15, 0.2) is 12.2 Å². The standard InChI is InChI=1S/C65H120O12/c1-4-7-10-13-16-19-22-24-26-28-29-31-33-35-38-41-44-47-50-53-59(68)76-63-61(70)60(69)62(64(71)72)77-65(63)74-55-56(75-58(67)52-49-46-43-40-36-21-18-15-12-9-6-3)54-73-57(66)51-48-45-42-39-37-34-32-30-27-25-23-20-17-14-11-8-5-2/h24,26,56,60-63,65,69-70H,4-23,25,27-55H2,1-3H3,(H,71,72)/b26-24-. The molecule has 1 fully saturated rings. The van der Waals surface area contributed by atoms with Crippen molar-refractivity contribution >= 4 is 23.9 Å². The first-order chi connectivity index (χ1) is 37.6. The maximum absolute atomic E-state index is 13.1. The fraction of sp³-hybridized carbons (Fsp3) is 0.908. The molecule has 1 heterocycles. The summed E-state index contributed by atoms with van der Waals surface area (Å²) >= 11 is 0. The van der Waals surface area contributed by atoms with Gasteiger partial charge in [-0.05, 0) is 44.9 Å². The molecule has 0 aromatic heterocycles. The lowest BCUT2D eigenvalue weighted by atomic mass is 9.98. The molecular weight excluding hydrogens is 973 g/mol. The molecule has 77 heavy (non-hydrogen) atoms. The van der Waals surface area contributed by atoms with E-state index in [2.05, 4.69) is 32.9 Å². The van der Waals surface area contributed by atoms with Crippen LogP contribution in [-0.4, -0.2) is 89.2 Å². The van der Waals surface area contributed by atoms with Crippen LogP contribution in [0.3, 0.4) is 0 Å². The molecule has 3 N–H and O–H groups in total. The maximum Gasteiger partial charge on any atom is 0.335 e. The second kappa shape index (κ2) is 54.1. The van der Waals surface area contributed by atoms with Gasteiger partial charge in [-0.25, -0.2) is 4.79 Å². The zero-order chi connectivity index (χ0) is 56.1. The van der Waals surface area contributed by atoms with Crippen LogP contribution in [0.4, 0.5) is 0 Å². The Kier molecular flexibility index (Phi) is 50.9. The number of aliphatic carboxylic acids is 1. The van der Waals surface area contributed by atoms with Gasteiger partial charge in [0.05, 0.1) is 6.61 Å². The molecule has 12 heteroatoms. The van der Waals surface area contributed by atoms with Crippen molar-refractivity contribution in [1.29, 1.82) is 0 Å². The maximum atomic E-state index is 13.1. The number of allylic oxidation sites excluding steroid dienone is 2. The predicted octanol–water partition coefficient (Wildman–Crippen LogP) is 17.2. The Balaban J connectivity index is 2.60. The first kappa shape index (κ1) is 72.5. The number of unbranched alkanes of at least 4 members (excludes halogenated alkanes) is 41. The van der Waals surface area contributed by atoms with Crippen LogP contribution < -0.4 is 0 Å². The molecule has 0 aromatic carbocycles.